The lowest BCUT2D eigenvalue weighted by molar-refractivity contribution is 0.459. The molecule has 0 aromatic heterocycles. The predicted molar refractivity (Wildman–Crippen MR) is 78.9 cm³/mol. The average molecular weight is 246 g/mol. The summed E-state index contributed by atoms with van der Waals surface area (Å²) in [5.74, 6) is 0.929. The van der Waals surface area contributed by atoms with Crippen molar-refractivity contribution < 1.29 is 0 Å². The summed E-state index contributed by atoms with van der Waals surface area (Å²) < 4.78 is 0. The second-order valence-corrected chi connectivity index (χ2v) is 5.57. The third-order valence-electron chi connectivity index (χ3n) is 4.21. The Kier molecular flexibility index (Phi) is 4.65. The number of hydrogen-bond acceptors (Lipinski definition) is 2. The number of hydrogen-bond donors (Lipinski definition) is 1. The Morgan fingerprint density at radius 1 is 1.22 bits per heavy atom. The van der Waals surface area contributed by atoms with E-state index in [1.165, 1.54) is 50.0 Å². The van der Waals surface area contributed by atoms with Crippen LogP contribution in [0.5, 0.6) is 0 Å². The summed E-state index contributed by atoms with van der Waals surface area (Å²) in [6.07, 6.45) is 5.39. The van der Waals surface area contributed by atoms with Crippen molar-refractivity contribution in [1.82, 2.24) is 0 Å². The zero-order chi connectivity index (χ0) is 13.0. The van der Waals surface area contributed by atoms with Crippen LogP contribution in [0.25, 0.3) is 0 Å². The van der Waals surface area contributed by atoms with Gasteiger partial charge >= 0.3 is 0 Å². The van der Waals surface area contributed by atoms with Crippen LogP contribution in [0, 0.1) is 5.92 Å². The second-order valence-electron chi connectivity index (χ2n) is 5.57. The third kappa shape index (κ3) is 3.26. The van der Waals surface area contributed by atoms with Crippen LogP contribution in [-0.4, -0.2) is 13.1 Å². The topological polar surface area (TPSA) is 29.3 Å². The van der Waals surface area contributed by atoms with E-state index in [9.17, 15) is 0 Å². The number of nitrogens with zero attached hydrogens (tertiary/aromatic N) is 1. The van der Waals surface area contributed by atoms with Gasteiger partial charge in [-0.25, -0.2) is 0 Å². The van der Waals surface area contributed by atoms with Crippen molar-refractivity contribution >= 4 is 5.69 Å². The van der Waals surface area contributed by atoms with E-state index >= 15 is 0 Å². The van der Waals surface area contributed by atoms with Gasteiger partial charge in [-0.2, -0.15) is 0 Å². The number of anilines is 1. The van der Waals surface area contributed by atoms with Crippen LogP contribution in [0.15, 0.2) is 24.3 Å². The summed E-state index contributed by atoms with van der Waals surface area (Å²) in [6.45, 7) is 6.76. The van der Waals surface area contributed by atoms with Gasteiger partial charge in [0, 0.05) is 24.8 Å². The molecule has 1 aromatic rings. The summed E-state index contributed by atoms with van der Waals surface area (Å²) in [5.41, 5.74) is 8.47. The Hall–Kier alpha value is -1.02. The molecule has 2 N–H and O–H groups in total. The van der Waals surface area contributed by atoms with Crippen LogP contribution < -0.4 is 10.6 Å². The Bertz CT molecular complexity index is 356. The van der Waals surface area contributed by atoms with Crippen LogP contribution in [0.1, 0.15) is 51.1 Å². The lowest BCUT2D eigenvalue weighted by atomic mass is 9.98. The maximum atomic E-state index is 5.89. The average Bonchev–Trinajstić information content (AvgIpc) is 2.64. The molecule has 1 aliphatic heterocycles. The van der Waals surface area contributed by atoms with E-state index < -0.39 is 0 Å². The maximum Gasteiger partial charge on any atom is 0.0366 e. The van der Waals surface area contributed by atoms with E-state index in [4.69, 9.17) is 5.73 Å². The molecule has 1 saturated heterocycles. The van der Waals surface area contributed by atoms with Gasteiger partial charge in [-0.05, 0) is 49.8 Å². The molecule has 2 atom stereocenters. The fourth-order valence-corrected chi connectivity index (χ4v) is 2.82. The first-order valence-electron chi connectivity index (χ1n) is 7.31. The molecule has 18 heavy (non-hydrogen) atoms. The van der Waals surface area contributed by atoms with Gasteiger partial charge in [0.25, 0.3) is 0 Å². The largest absolute Gasteiger partial charge is 0.372 e. The van der Waals surface area contributed by atoms with Gasteiger partial charge in [0.1, 0.15) is 0 Å². The minimum Gasteiger partial charge on any atom is -0.372 e. The Balaban J connectivity index is 2.02. The molecule has 0 saturated carbocycles. The van der Waals surface area contributed by atoms with Crippen molar-refractivity contribution in [2.45, 2.75) is 45.6 Å². The first-order chi connectivity index (χ1) is 8.70. The van der Waals surface area contributed by atoms with Crippen LogP contribution in [0.3, 0.4) is 0 Å². The molecule has 0 radical (unpaired) electrons. The maximum absolute atomic E-state index is 5.89. The highest BCUT2D eigenvalue weighted by Gasteiger charge is 2.15. The van der Waals surface area contributed by atoms with Gasteiger partial charge in [-0.15, -0.1) is 0 Å². The highest BCUT2D eigenvalue weighted by Crippen LogP contribution is 2.25. The van der Waals surface area contributed by atoms with Crippen molar-refractivity contribution in [3.05, 3.63) is 29.8 Å². The first kappa shape index (κ1) is 13.4. The molecule has 0 aliphatic carbocycles. The van der Waals surface area contributed by atoms with E-state index in [0.717, 1.165) is 5.92 Å². The Labute approximate surface area is 111 Å². The van der Waals surface area contributed by atoms with Crippen LogP contribution in [0.4, 0.5) is 5.69 Å². The molecule has 0 spiro atoms. The Morgan fingerprint density at radius 3 is 2.56 bits per heavy atom. The number of benzene rings is 1. The lowest BCUT2D eigenvalue weighted by Gasteiger charge is -2.23. The van der Waals surface area contributed by atoms with E-state index in [2.05, 4.69) is 36.1 Å². The van der Waals surface area contributed by atoms with Gasteiger partial charge < -0.3 is 10.6 Å². The highest BCUT2D eigenvalue weighted by atomic mass is 15.1. The lowest BCUT2D eigenvalue weighted by Crippen LogP contribution is -2.24. The van der Waals surface area contributed by atoms with E-state index in [1.54, 1.807) is 0 Å². The van der Waals surface area contributed by atoms with Crippen LogP contribution in [-0.2, 0) is 0 Å². The molecule has 1 aromatic carbocycles. The van der Waals surface area contributed by atoms with Crippen molar-refractivity contribution in [3.8, 4) is 0 Å². The monoisotopic (exact) mass is 246 g/mol. The van der Waals surface area contributed by atoms with E-state index in [-0.39, 0.29) is 6.04 Å². The quantitative estimate of drug-likeness (QED) is 0.880. The van der Waals surface area contributed by atoms with E-state index in [0.29, 0.717) is 0 Å². The SMILES string of the molecule is CCC1CCCN(c2ccc(C(C)N)cc2)CC1. The fraction of sp³-hybridized carbons (Fsp3) is 0.625. The molecule has 2 rings (SSSR count). The van der Waals surface area contributed by atoms with Crippen molar-refractivity contribution in [1.29, 1.82) is 0 Å². The van der Waals surface area contributed by atoms with Gasteiger partial charge in [-0.3, -0.25) is 0 Å². The molecule has 0 amide bonds. The molecular weight excluding hydrogens is 220 g/mol. The summed E-state index contributed by atoms with van der Waals surface area (Å²) >= 11 is 0. The number of rotatable bonds is 3. The molecule has 100 valence electrons. The smallest absolute Gasteiger partial charge is 0.0366 e. The van der Waals surface area contributed by atoms with E-state index in [1.807, 2.05) is 6.92 Å². The first-order valence-corrected chi connectivity index (χ1v) is 7.31. The van der Waals surface area contributed by atoms with Crippen molar-refractivity contribution in [3.63, 3.8) is 0 Å². The van der Waals surface area contributed by atoms with Crippen molar-refractivity contribution in [2.24, 2.45) is 11.7 Å². The summed E-state index contributed by atoms with van der Waals surface area (Å²) in [7, 11) is 0. The summed E-state index contributed by atoms with van der Waals surface area (Å²) in [5, 5.41) is 0. The molecule has 2 nitrogen and oxygen atoms in total. The minimum absolute atomic E-state index is 0.132. The zero-order valence-corrected chi connectivity index (χ0v) is 11.7. The highest BCUT2D eigenvalue weighted by molar-refractivity contribution is 5.48. The minimum atomic E-state index is 0.132. The second kappa shape index (κ2) is 6.24. The van der Waals surface area contributed by atoms with Gasteiger partial charge in [-0.1, -0.05) is 25.5 Å². The van der Waals surface area contributed by atoms with Gasteiger partial charge in [0.05, 0.1) is 0 Å². The fourth-order valence-electron chi connectivity index (χ4n) is 2.82. The van der Waals surface area contributed by atoms with Crippen molar-refractivity contribution in [2.75, 3.05) is 18.0 Å². The van der Waals surface area contributed by atoms with Gasteiger partial charge in [0.15, 0.2) is 0 Å². The summed E-state index contributed by atoms with van der Waals surface area (Å²) in [4.78, 5) is 2.53. The van der Waals surface area contributed by atoms with Crippen LogP contribution >= 0.6 is 0 Å². The van der Waals surface area contributed by atoms with Crippen LogP contribution in [0.2, 0.25) is 0 Å². The van der Waals surface area contributed by atoms with Gasteiger partial charge in [0.2, 0.25) is 0 Å². The molecular formula is C16H26N2. The molecule has 2 unspecified atom stereocenters. The zero-order valence-electron chi connectivity index (χ0n) is 11.7. The standard InChI is InChI=1S/C16H26N2/c1-3-14-5-4-11-18(12-10-14)16-8-6-15(7-9-16)13(2)17/h6-9,13-14H,3-5,10-12,17H2,1-2H3. The molecule has 1 heterocycles. The predicted octanol–water partition coefficient (Wildman–Crippen LogP) is 3.72. The molecule has 2 heteroatoms. The third-order valence-corrected chi connectivity index (χ3v) is 4.21. The molecule has 1 aliphatic rings. The Morgan fingerprint density at radius 2 is 1.94 bits per heavy atom. The molecule has 1 fully saturated rings. The normalized spacial score (nSPS) is 22.6. The summed E-state index contributed by atoms with van der Waals surface area (Å²) in [6, 6.07) is 8.92. The number of nitrogens with two attached hydrogens (primary N) is 1. The molecule has 0 bridgehead atoms.